The average molecular weight is 514 g/mol. The molecule has 2 amide bonds. The van der Waals surface area contributed by atoms with E-state index < -0.39 is 23.5 Å². The first-order chi connectivity index (χ1) is 17.3. The van der Waals surface area contributed by atoms with Crippen LogP contribution in [0.25, 0.3) is 21.8 Å². The molecule has 0 fully saturated rings. The van der Waals surface area contributed by atoms with Crippen molar-refractivity contribution in [1.29, 1.82) is 0 Å². The number of amides is 2. The molecule has 0 aliphatic rings. The number of hydrogen-bond acceptors (Lipinski definition) is 7. The zero-order chi connectivity index (χ0) is 25.8. The van der Waals surface area contributed by atoms with Crippen LogP contribution in [-0.2, 0) is 0 Å². The average Bonchev–Trinajstić information content (AvgIpc) is 3.28. The van der Waals surface area contributed by atoms with Gasteiger partial charge in [-0.1, -0.05) is 17.4 Å². The van der Waals surface area contributed by atoms with E-state index in [0.29, 0.717) is 27.9 Å². The highest BCUT2D eigenvalue weighted by Crippen LogP contribution is 2.41. The van der Waals surface area contributed by atoms with Crippen LogP contribution in [0.3, 0.4) is 0 Å². The number of rotatable bonds is 7. The van der Waals surface area contributed by atoms with Crippen LogP contribution in [0.1, 0.15) is 13.8 Å². The number of benzene rings is 2. The molecule has 0 bridgehead atoms. The van der Waals surface area contributed by atoms with Gasteiger partial charge in [0.2, 0.25) is 5.95 Å². The molecule has 12 heteroatoms. The number of urea groups is 1. The van der Waals surface area contributed by atoms with E-state index >= 15 is 0 Å². The van der Waals surface area contributed by atoms with Crippen molar-refractivity contribution in [2.45, 2.75) is 13.8 Å². The number of hydrogen-bond donors (Lipinski definition) is 3. The van der Waals surface area contributed by atoms with Gasteiger partial charge in [-0.25, -0.2) is 32.9 Å². The number of nitrogens with one attached hydrogen (secondary N) is 2. The predicted molar refractivity (Wildman–Crippen MR) is 136 cm³/mol. The van der Waals surface area contributed by atoms with Gasteiger partial charge in [-0.2, -0.15) is 0 Å². The summed E-state index contributed by atoms with van der Waals surface area (Å²) >= 11 is 1.39. The van der Waals surface area contributed by atoms with Gasteiger partial charge >= 0.3 is 6.03 Å². The van der Waals surface area contributed by atoms with E-state index in [1.165, 1.54) is 29.7 Å². The molecule has 0 atom stereocenters. The molecule has 2 aromatic carbocycles. The molecule has 8 nitrogen and oxygen atoms in total. The summed E-state index contributed by atoms with van der Waals surface area (Å²) < 4.78 is 41.6. The molecule has 4 rings (SSSR count). The van der Waals surface area contributed by atoms with Gasteiger partial charge in [0.1, 0.15) is 23.1 Å². The van der Waals surface area contributed by atoms with E-state index in [0.717, 1.165) is 30.4 Å². The molecule has 0 aliphatic carbocycles. The quantitative estimate of drug-likeness (QED) is 0.290. The Hall–Kier alpha value is -4.19. The minimum Gasteiger partial charge on any atom is -0.368 e. The molecule has 0 saturated carbocycles. The van der Waals surface area contributed by atoms with Crippen LogP contribution >= 0.6 is 11.3 Å². The van der Waals surface area contributed by atoms with Crippen molar-refractivity contribution in [2.75, 3.05) is 34.4 Å². The van der Waals surface area contributed by atoms with Gasteiger partial charge in [0.15, 0.2) is 5.13 Å². The maximum absolute atomic E-state index is 14.6. The molecule has 36 heavy (non-hydrogen) atoms. The highest BCUT2D eigenvalue weighted by atomic mass is 32.1. The number of nitrogens with two attached hydrogens (primary N) is 1. The molecule has 0 saturated heterocycles. The Kier molecular flexibility index (Phi) is 7.34. The van der Waals surface area contributed by atoms with Gasteiger partial charge in [-0.15, -0.1) is 0 Å². The van der Waals surface area contributed by atoms with E-state index in [4.69, 9.17) is 10.7 Å². The summed E-state index contributed by atoms with van der Waals surface area (Å²) in [6.07, 6.45) is 1.52. The van der Waals surface area contributed by atoms with Crippen LogP contribution in [0.4, 0.5) is 40.4 Å². The normalized spacial score (nSPS) is 10.8. The van der Waals surface area contributed by atoms with Gasteiger partial charge in [-0.3, -0.25) is 0 Å². The van der Waals surface area contributed by atoms with Crippen LogP contribution in [-0.4, -0.2) is 34.1 Å². The standard InChI is InChI=1S/C24H22F3N7OS/c1-3-34(4-2)24-33-20(18-9-10-29-22(28)30-18)21(36-24)13-5-7-15(26)19(11-13)32-23(35)31-17-8-6-14(25)12-16(17)27/h5-12H,3-4H2,1-2H3,(H2,28,29,30)(H2,31,32,35). The minimum atomic E-state index is -0.957. The minimum absolute atomic E-state index is 0.0852. The Morgan fingerprint density at radius 2 is 1.72 bits per heavy atom. The summed E-state index contributed by atoms with van der Waals surface area (Å²) in [5.41, 5.74) is 6.99. The van der Waals surface area contributed by atoms with Gasteiger partial charge in [-0.05, 0) is 49.7 Å². The van der Waals surface area contributed by atoms with E-state index in [1.54, 1.807) is 12.1 Å². The Morgan fingerprint density at radius 1 is 0.972 bits per heavy atom. The second-order valence-electron chi connectivity index (χ2n) is 7.54. The number of nitrogen functional groups attached to an aromatic ring is 1. The fraction of sp³-hybridized carbons (Fsp3) is 0.167. The summed E-state index contributed by atoms with van der Waals surface area (Å²) in [4.78, 5) is 28.1. The van der Waals surface area contributed by atoms with Gasteiger partial charge in [0, 0.05) is 25.4 Å². The maximum Gasteiger partial charge on any atom is 0.323 e. The number of carbonyl (C=O) groups is 1. The van der Waals surface area contributed by atoms with Crippen molar-refractivity contribution in [2.24, 2.45) is 0 Å². The zero-order valence-electron chi connectivity index (χ0n) is 19.3. The summed E-state index contributed by atoms with van der Waals surface area (Å²) in [6, 6.07) is 7.70. The van der Waals surface area contributed by atoms with E-state index in [-0.39, 0.29) is 17.3 Å². The van der Waals surface area contributed by atoms with Crippen molar-refractivity contribution in [3.05, 3.63) is 66.1 Å². The van der Waals surface area contributed by atoms with Crippen LogP contribution in [0.15, 0.2) is 48.7 Å². The number of anilines is 4. The second kappa shape index (κ2) is 10.6. The monoisotopic (exact) mass is 513 g/mol. The van der Waals surface area contributed by atoms with Crippen molar-refractivity contribution < 1.29 is 18.0 Å². The molecule has 0 radical (unpaired) electrons. The Bertz CT molecular complexity index is 1410. The SMILES string of the molecule is CCN(CC)c1nc(-c2ccnc(N)n2)c(-c2ccc(F)c(NC(=O)Nc3ccc(F)cc3F)c2)s1. The molecule has 4 N–H and O–H groups in total. The van der Waals surface area contributed by atoms with Crippen LogP contribution < -0.4 is 21.3 Å². The fourth-order valence-electron chi connectivity index (χ4n) is 3.44. The molecule has 0 aliphatic heterocycles. The van der Waals surface area contributed by atoms with E-state index in [9.17, 15) is 18.0 Å². The molecule has 0 unspecified atom stereocenters. The van der Waals surface area contributed by atoms with Crippen molar-refractivity contribution in [3.63, 3.8) is 0 Å². The summed E-state index contributed by atoms with van der Waals surface area (Å²) in [5, 5.41) is 5.36. The third kappa shape index (κ3) is 5.38. The molecule has 186 valence electrons. The highest BCUT2D eigenvalue weighted by molar-refractivity contribution is 7.19. The molecule has 4 aromatic rings. The number of nitrogens with zero attached hydrogens (tertiary/aromatic N) is 4. The second-order valence-corrected chi connectivity index (χ2v) is 8.52. The van der Waals surface area contributed by atoms with Crippen molar-refractivity contribution >= 4 is 39.8 Å². The van der Waals surface area contributed by atoms with E-state index in [2.05, 4.69) is 25.5 Å². The Balaban J connectivity index is 1.69. The molecule has 0 spiro atoms. The summed E-state index contributed by atoms with van der Waals surface area (Å²) in [7, 11) is 0. The third-order valence-electron chi connectivity index (χ3n) is 5.22. The van der Waals surface area contributed by atoms with Crippen molar-refractivity contribution in [3.8, 4) is 21.8 Å². The highest BCUT2D eigenvalue weighted by Gasteiger charge is 2.20. The van der Waals surface area contributed by atoms with Crippen LogP contribution in [0, 0.1) is 17.5 Å². The molecule has 2 heterocycles. The molecular formula is C24H22F3N7OS. The smallest absolute Gasteiger partial charge is 0.323 e. The first kappa shape index (κ1) is 24.9. The number of aromatic nitrogens is 3. The van der Waals surface area contributed by atoms with Gasteiger partial charge < -0.3 is 21.3 Å². The van der Waals surface area contributed by atoms with Gasteiger partial charge in [0.05, 0.1) is 21.9 Å². The summed E-state index contributed by atoms with van der Waals surface area (Å²) in [6.45, 7) is 5.47. The van der Waals surface area contributed by atoms with Crippen LogP contribution in [0.5, 0.6) is 0 Å². The Morgan fingerprint density at radius 3 is 2.42 bits per heavy atom. The number of thiazole rings is 1. The first-order valence-electron chi connectivity index (χ1n) is 11.0. The largest absolute Gasteiger partial charge is 0.368 e. The maximum atomic E-state index is 14.6. The lowest BCUT2D eigenvalue weighted by Gasteiger charge is -2.16. The lowest BCUT2D eigenvalue weighted by atomic mass is 10.1. The number of carbonyl (C=O) groups excluding carboxylic acids is 1. The molecular weight excluding hydrogens is 491 g/mol. The summed E-state index contributed by atoms with van der Waals surface area (Å²) in [5.74, 6) is -2.36. The topological polar surface area (TPSA) is 109 Å². The lowest BCUT2D eigenvalue weighted by molar-refractivity contribution is 0.262. The van der Waals surface area contributed by atoms with Gasteiger partial charge in [0.25, 0.3) is 0 Å². The third-order valence-corrected chi connectivity index (χ3v) is 6.39. The number of halogens is 3. The zero-order valence-corrected chi connectivity index (χ0v) is 20.2. The lowest BCUT2D eigenvalue weighted by Crippen LogP contribution is -2.21. The predicted octanol–water partition coefficient (Wildman–Crippen LogP) is 5.76. The fourth-order valence-corrected chi connectivity index (χ4v) is 4.64. The molecule has 2 aromatic heterocycles. The first-order valence-corrected chi connectivity index (χ1v) is 11.8. The van der Waals surface area contributed by atoms with Crippen LogP contribution in [0.2, 0.25) is 0 Å². The van der Waals surface area contributed by atoms with E-state index in [1.807, 2.05) is 13.8 Å². The van der Waals surface area contributed by atoms with Crippen molar-refractivity contribution in [1.82, 2.24) is 15.0 Å². The Labute approximate surface area is 209 Å².